The second kappa shape index (κ2) is 7.02. The van der Waals surface area contributed by atoms with Crippen molar-refractivity contribution < 1.29 is 0 Å². The molecule has 1 saturated heterocycles. The van der Waals surface area contributed by atoms with Crippen LogP contribution in [0.15, 0.2) is 12.7 Å². The number of piperidine rings is 1. The van der Waals surface area contributed by atoms with Crippen LogP contribution in [-0.2, 0) is 0 Å². The molecule has 0 spiro atoms. The quantitative estimate of drug-likeness (QED) is 0.515. The molecule has 82 valence electrons. The summed E-state index contributed by atoms with van der Waals surface area (Å²) in [4.78, 5) is 2.57. The van der Waals surface area contributed by atoms with E-state index < -0.39 is 0 Å². The van der Waals surface area contributed by atoms with E-state index >= 15 is 0 Å². The first-order chi connectivity index (χ1) is 6.86. The highest BCUT2D eigenvalue weighted by atomic mass is 15.1. The van der Waals surface area contributed by atoms with Gasteiger partial charge in [-0.15, -0.1) is 6.58 Å². The molecule has 1 aliphatic heterocycles. The largest absolute Gasteiger partial charge is 0.312 e. The number of hydrogen-bond acceptors (Lipinski definition) is 2. The standard InChI is InChI=1S/C12H24N2/c1-3-7-13-8-11-14-9-5-12(4-2)6-10-14/h3,12-13H,1,4-11H2,2H3. The van der Waals surface area contributed by atoms with Gasteiger partial charge >= 0.3 is 0 Å². The SMILES string of the molecule is C=CCNCCN1CCC(CC)CC1. The van der Waals surface area contributed by atoms with Crippen LogP contribution in [-0.4, -0.2) is 37.6 Å². The Balaban J connectivity index is 2.01. The van der Waals surface area contributed by atoms with Crippen molar-refractivity contribution >= 4 is 0 Å². The third kappa shape index (κ3) is 4.25. The van der Waals surface area contributed by atoms with Crippen LogP contribution in [0.3, 0.4) is 0 Å². The molecule has 0 radical (unpaired) electrons. The Kier molecular flexibility index (Phi) is 5.88. The summed E-state index contributed by atoms with van der Waals surface area (Å²) in [6.07, 6.45) is 6.09. The molecule has 0 atom stereocenters. The summed E-state index contributed by atoms with van der Waals surface area (Å²) in [7, 11) is 0. The molecule has 0 aliphatic carbocycles. The summed E-state index contributed by atoms with van der Waals surface area (Å²) in [6, 6.07) is 0. The zero-order chi connectivity index (χ0) is 10.2. The second-order valence-corrected chi connectivity index (χ2v) is 4.19. The third-order valence-corrected chi connectivity index (χ3v) is 3.18. The normalized spacial score (nSPS) is 19.8. The minimum atomic E-state index is 0.936. The lowest BCUT2D eigenvalue weighted by Gasteiger charge is -2.31. The van der Waals surface area contributed by atoms with Gasteiger partial charge in [0, 0.05) is 19.6 Å². The Labute approximate surface area is 88.4 Å². The molecular formula is C12H24N2. The molecule has 1 N–H and O–H groups in total. The van der Waals surface area contributed by atoms with Crippen molar-refractivity contribution in [1.82, 2.24) is 10.2 Å². The highest BCUT2D eigenvalue weighted by Gasteiger charge is 2.16. The predicted octanol–water partition coefficient (Wildman–Crippen LogP) is 1.88. The molecule has 0 unspecified atom stereocenters. The molecule has 1 fully saturated rings. The number of rotatable bonds is 6. The van der Waals surface area contributed by atoms with Gasteiger partial charge in [-0.3, -0.25) is 0 Å². The first-order valence-electron chi connectivity index (χ1n) is 5.90. The van der Waals surface area contributed by atoms with Crippen LogP contribution in [0.5, 0.6) is 0 Å². The van der Waals surface area contributed by atoms with E-state index in [4.69, 9.17) is 0 Å². The van der Waals surface area contributed by atoms with Crippen molar-refractivity contribution in [2.45, 2.75) is 26.2 Å². The van der Waals surface area contributed by atoms with Crippen LogP contribution in [0.1, 0.15) is 26.2 Å². The molecule has 1 rings (SSSR count). The summed E-state index contributed by atoms with van der Waals surface area (Å²) >= 11 is 0. The lowest BCUT2D eigenvalue weighted by atomic mass is 9.94. The molecule has 0 bridgehead atoms. The fourth-order valence-corrected chi connectivity index (χ4v) is 2.06. The van der Waals surface area contributed by atoms with E-state index in [9.17, 15) is 0 Å². The van der Waals surface area contributed by atoms with E-state index in [0.717, 1.165) is 19.0 Å². The van der Waals surface area contributed by atoms with Crippen molar-refractivity contribution in [3.8, 4) is 0 Å². The summed E-state index contributed by atoms with van der Waals surface area (Å²) in [5.74, 6) is 0.993. The van der Waals surface area contributed by atoms with E-state index in [2.05, 4.69) is 23.7 Å². The molecular weight excluding hydrogens is 172 g/mol. The van der Waals surface area contributed by atoms with Gasteiger partial charge in [0.15, 0.2) is 0 Å². The molecule has 2 nitrogen and oxygen atoms in total. The zero-order valence-corrected chi connectivity index (χ0v) is 9.47. The van der Waals surface area contributed by atoms with Gasteiger partial charge in [-0.05, 0) is 31.8 Å². The molecule has 14 heavy (non-hydrogen) atoms. The Hall–Kier alpha value is -0.340. The first-order valence-corrected chi connectivity index (χ1v) is 5.90. The van der Waals surface area contributed by atoms with Crippen molar-refractivity contribution in [3.63, 3.8) is 0 Å². The minimum absolute atomic E-state index is 0.936. The maximum Gasteiger partial charge on any atom is 0.0132 e. The number of nitrogens with one attached hydrogen (secondary N) is 1. The summed E-state index contributed by atoms with van der Waals surface area (Å²) in [5.41, 5.74) is 0. The Morgan fingerprint density at radius 2 is 2.14 bits per heavy atom. The van der Waals surface area contributed by atoms with E-state index in [1.165, 1.54) is 38.9 Å². The Morgan fingerprint density at radius 3 is 2.71 bits per heavy atom. The fraction of sp³-hybridized carbons (Fsp3) is 0.833. The smallest absolute Gasteiger partial charge is 0.0132 e. The van der Waals surface area contributed by atoms with E-state index in [1.807, 2.05) is 6.08 Å². The van der Waals surface area contributed by atoms with Crippen molar-refractivity contribution in [2.75, 3.05) is 32.7 Å². The molecule has 0 aromatic rings. The van der Waals surface area contributed by atoms with Crippen LogP contribution in [0.4, 0.5) is 0 Å². The van der Waals surface area contributed by atoms with Gasteiger partial charge in [0.05, 0.1) is 0 Å². The van der Waals surface area contributed by atoms with Gasteiger partial charge in [-0.25, -0.2) is 0 Å². The summed E-state index contributed by atoms with van der Waals surface area (Å²) < 4.78 is 0. The first kappa shape index (κ1) is 11.7. The van der Waals surface area contributed by atoms with E-state index in [-0.39, 0.29) is 0 Å². The van der Waals surface area contributed by atoms with Crippen LogP contribution < -0.4 is 5.32 Å². The molecule has 0 amide bonds. The van der Waals surface area contributed by atoms with Gasteiger partial charge in [0.1, 0.15) is 0 Å². The van der Waals surface area contributed by atoms with Crippen molar-refractivity contribution in [1.29, 1.82) is 0 Å². The fourth-order valence-electron chi connectivity index (χ4n) is 2.06. The predicted molar refractivity (Wildman–Crippen MR) is 62.5 cm³/mol. The molecule has 0 aromatic carbocycles. The van der Waals surface area contributed by atoms with Gasteiger partial charge in [0.2, 0.25) is 0 Å². The van der Waals surface area contributed by atoms with Crippen molar-refractivity contribution in [2.24, 2.45) is 5.92 Å². The second-order valence-electron chi connectivity index (χ2n) is 4.19. The Bertz CT molecular complexity index is 148. The topological polar surface area (TPSA) is 15.3 Å². The molecule has 0 aromatic heterocycles. The lowest BCUT2D eigenvalue weighted by Crippen LogP contribution is -2.38. The van der Waals surface area contributed by atoms with Gasteiger partial charge < -0.3 is 10.2 Å². The van der Waals surface area contributed by atoms with Crippen LogP contribution >= 0.6 is 0 Å². The lowest BCUT2D eigenvalue weighted by molar-refractivity contribution is 0.183. The highest BCUT2D eigenvalue weighted by Crippen LogP contribution is 2.19. The monoisotopic (exact) mass is 196 g/mol. The number of likely N-dealkylation sites (tertiary alicyclic amines) is 1. The van der Waals surface area contributed by atoms with Crippen molar-refractivity contribution in [3.05, 3.63) is 12.7 Å². The van der Waals surface area contributed by atoms with Crippen LogP contribution in [0, 0.1) is 5.92 Å². The molecule has 1 aliphatic rings. The summed E-state index contributed by atoms with van der Waals surface area (Å²) in [5, 5.41) is 3.35. The highest BCUT2D eigenvalue weighted by molar-refractivity contribution is 4.73. The van der Waals surface area contributed by atoms with Gasteiger partial charge in [-0.2, -0.15) is 0 Å². The molecule has 1 heterocycles. The maximum atomic E-state index is 3.69. The molecule has 2 heteroatoms. The average Bonchev–Trinajstić information content (AvgIpc) is 2.25. The number of hydrogen-bond donors (Lipinski definition) is 1. The zero-order valence-electron chi connectivity index (χ0n) is 9.47. The van der Waals surface area contributed by atoms with Crippen LogP contribution in [0.2, 0.25) is 0 Å². The third-order valence-electron chi connectivity index (χ3n) is 3.18. The van der Waals surface area contributed by atoms with Crippen LogP contribution in [0.25, 0.3) is 0 Å². The average molecular weight is 196 g/mol. The Morgan fingerprint density at radius 1 is 1.43 bits per heavy atom. The minimum Gasteiger partial charge on any atom is -0.312 e. The maximum absolute atomic E-state index is 3.69. The van der Waals surface area contributed by atoms with E-state index in [0.29, 0.717) is 0 Å². The van der Waals surface area contributed by atoms with E-state index in [1.54, 1.807) is 0 Å². The summed E-state index contributed by atoms with van der Waals surface area (Å²) in [6.45, 7) is 11.8. The van der Waals surface area contributed by atoms with Gasteiger partial charge in [-0.1, -0.05) is 19.4 Å². The molecule has 0 saturated carbocycles. The van der Waals surface area contributed by atoms with Gasteiger partial charge in [0.25, 0.3) is 0 Å². The number of nitrogens with zero attached hydrogens (tertiary/aromatic N) is 1.